The fourth-order valence-electron chi connectivity index (χ4n) is 1.93. The molecule has 2 heterocycles. The first-order valence-corrected chi connectivity index (χ1v) is 8.69. The first-order chi connectivity index (χ1) is 9.54. The molecule has 1 aliphatic carbocycles. The molecule has 8 heteroatoms. The van der Waals surface area contributed by atoms with Crippen molar-refractivity contribution in [3.63, 3.8) is 0 Å². The van der Waals surface area contributed by atoms with Crippen molar-refractivity contribution in [1.29, 1.82) is 0 Å². The number of sulfonamides is 1. The zero-order valence-electron chi connectivity index (χ0n) is 11.0. The van der Waals surface area contributed by atoms with Gasteiger partial charge in [-0.2, -0.15) is 5.10 Å². The molecule has 0 atom stereocenters. The number of thiophene rings is 1. The topological polar surface area (TPSA) is 86.9 Å². The highest BCUT2D eigenvalue weighted by Crippen LogP contribution is 2.28. The van der Waals surface area contributed by atoms with Gasteiger partial charge in [0.25, 0.3) is 10.0 Å². The molecule has 1 saturated carbocycles. The molecule has 2 aromatic rings. The monoisotopic (exact) mass is 312 g/mol. The molecule has 1 fully saturated rings. The number of rotatable bonds is 6. The average Bonchev–Trinajstić information content (AvgIpc) is 2.93. The summed E-state index contributed by atoms with van der Waals surface area (Å²) in [7, 11) is -3.54. The van der Waals surface area contributed by atoms with Gasteiger partial charge in [-0.1, -0.05) is 0 Å². The van der Waals surface area contributed by atoms with Crippen LogP contribution < -0.4 is 10.0 Å². The lowest BCUT2D eigenvalue weighted by molar-refractivity contribution is 0.601. The van der Waals surface area contributed by atoms with Gasteiger partial charge in [0, 0.05) is 28.5 Å². The first-order valence-electron chi connectivity index (χ1n) is 6.39. The van der Waals surface area contributed by atoms with Gasteiger partial charge in [0.15, 0.2) is 0 Å². The van der Waals surface area contributed by atoms with E-state index >= 15 is 0 Å². The Morgan fingerprint density at radius 3 is 2.95 bits per heavy atom. The maximum atomic E-state index is 12.3. The van der Waals surface area contributed by atoms with Gasteiger partial charge in [0.1, 0.15) is 4.90 Å². The fraction of sp³-hybridized carbons (Fsp3) is 0.417. The SMILES string of the molecule is Cc1sc(CNC2CC2)cc1S(=O)(=O)Nc1cn[nH]c1. The summed E-state index contributed by atoms with van der Waals surface area (Å²) in [6.07, 6.45) is 5.39. The number of aromatic amines is 1. The van der Waals surface area contributed by atoms with Gasteiger partial charge in [0.05, 0.1) is 11.9 Å². The predicted molar refractivity (Wildman–Crippen MR) is 78.3 cm³/mol. The second kappa shape index (κ2) is 5.19. The normalized spacial score (nSPS) is 15.4. The lowest BCUT2D eigenvalue weighted by atomic mass is 10.4. The number of hydrogen-bond acceptors (Lipinski definition) is 5. The Morgan fingerprint density at radius 1 is 1.50 bits per heavy atom. The Bertz CT molecular complexity index is 687. The van der Waals surface area contributed by atoms with Crippen LogP contribution in [0.2, 0.25) is 0 Å². The van der Waals surface area contributed by atoms with Gasteiger partial charge in [-0.25, -0.2) is 8.42 Å². The molecular formula is C12H16N4O2S2. The molecule has 0 aromatic carbocycles. The van der Waals surface area contributed by atoms with E-state index in [-0.39, 0.29) is 0 Å². The predicted octanol–water partition coefficient (Wildman–Crippen LogP) is 1.83. The van der Waals surface area contributed by atoms with Gasteiger partial charge >= 0.3 is 0 Å². The number of hydrogen-bond donors (Lipinski definition) is 3. The van der Waals surface area contributed by atoms with E-state index in [1.165, 1.54) is 36.6 Å². The van der Waals surface area contributed by atoms with Crippen LogP contribution in [0, 0.1) is 6.92 Å². The van der Waals surface area contributed by atoms with Crippen molar-refractivity contribution in [2.75, 3.05) is 4.72 Å². The number of aryl methyl sites for hydroxylation is 1. The molecule has 3 N–H and O–H groups in total. The highest BCUT2D eigenvalue weighted by molar-refractivity contribution is 7.93. The smallest absolute Gasteiger partial charge is 0.263 e. The number of H-pyrrole nitrogens is 1. The molecule has 0 radical (unpaired) electrons. The van der Waals surface area contributed by atoms with Crippen LogP contribution in [-0.2, 0) is 16.6 Å². The van der Waals surface area contributed by atoms with Gasteiger partial charge in [-0.15, -0.1) is 11.3 Å². The Morgan fingerprint density at radius 2 is 2.30 bits per heavy atom. The summed E-state index contributed by atoms with van der Waals surface area (Å²) in [4.78, 5) is 2.19. The Hall–Kier alpha value is -1.38. The van der Waals surface area contributed by atoms with E-state index in [1.807, 2.05) is 6.92 Å². The van der Waals surface area contributed by atoms with Crippen molar-refractivity contribution >= 4 is 27.0 Å². The fourth-order valence-corrected chi connectivity index (χ4v) is 4.55. The minimum absolute atomic E-state index is 0.344. The summed E-state index contributed by atoms with van der Waals surface area (Å²) >= 11 is 1.52. The van der Waals surface area contributed by atoms with Crippen molar-refractivity contribution in [1.82, 2.24) is 15.5 Å². The van der Waals surface area contributed by atoms with Gasteiger partial charge in [-0.05, 0) is 25.8 Å². The van der Waals surface area contributed by atoms with Crippen molar-refractivity contribution < 1.29 is 8.42 Å². The molecule has 1 aliphatic rings. The standard InChI is InChI=1S/C12H16N4O2S2/c1-8-12(4-11(19-8)7-13-9-2-3-9)20(17,18)16-10-5-14-15-6-10/h4-6,9,13,16H,2-3,7H2,1H3,(H,14,15). The number of aromatic nitrogens is 2. The van der Waals surface area contributed by atoms with Gasteiger partial charge < -0.3 is 5.32 Å². The largest absolute Gasteiger partial charge is 0.309 e. The zero-order chi connectivity index (χ0) is 14.2. The van der Waals surface area contributed by atoms with E-state index in [0.29, 0.717) is 16.6 Å². The summed E-state index contributed by atoms with van der Waals surface area (Å²) < 4.78 is 27.1. The Balaban J connectivity index is 1.77. The summed E-state index contributed by atoms with van der Waals surface area (Å²) in [5, 5.41) is 9.69. The van der Waals surface area contributed by atoms with E-state index in [4.69, 9.17) is 0 Å². The minimum Gasteiger partial charge on any atom is -0.309 e. The van der Waals surface area contributed by atoms with Crippen molar-refractivity contribution in [3.8, 4) is 0 Å². The first kappa shape index (κ1) is 13.6. The quantitative estimate of drug-likeness (QED) is 0.759. The van der Waals surface area contributed by atoms with Crippen LogP contribution >= 0.6 is 11.3 Å². The van der Waals surface area contributed by atoms with Crippen LogP contribution in [0.3, 0.4) is 0 Å². The lowest BCUT2D eigenvalue weighted by Crippen LogP contribution is -2.14. The molecule has 0 aliphatic heterocycles. The molecule has 0 saturated heterocycles. The third-order valence-electron chi connectivity index (χ3n) is 3.11. The van der Waals surface area contributed by atoms with Crippen LogP contribution in [-0.4, -0.2) is 24.7 Å². The number of nitrogens with one attached hydrogen (secondary N) is 3. The molecule has 0 unspecified atom stereocenters. The Kier molecular flexibility index (Phi) is 3.53. The summed E-state index contributed by atoms with van der Waals surface area (Å²) in [5.41, 5.74) is 0.438. The number of anilines is 1. The molecule has 20 heavy (non-hydrogen) atoms. The summed E-state index contributed by atoms with van der Waals surface area (Å²) in [6, 6.07) is 2.36. The van der Waals surface area contributed by atoms with E-state index in [1.54, 1.807) is 6.07 Å². The van der Waals surface area contributed by atoms with Crippen LogP contribution in [0.5, 0.6) is 0 Å². The molecule has 0 spiro atoms. The second-order valence-electron chi connectivity index (χ2n) is 4.88. The van der Waals surface area contributed by atoms with Crippen molar-refractivity contribution in [2.24, 2.45) is 0 Å². The Labute approximate surface area is 121 Å². The van der Waals surface area contributed by atoms with E-state index in [0.717, 1.165) is 16.3 Å². The molecule has 0 amide bonds. The van der Waals surface area contributed by atoms with Crippen molar-refractivity contribution in [2.45, 2.75) is 37.2 Å². The van der Waals surface area contributed by atoms with Crippen LogP contribution in [0.25, 0.3) is 0 Å². The lowest BCUT2D eigenvalue weighted by Gasteiger charge is -2.04. The molecular weight excluding hydrogens is 296 g/mol. The summed E-state index contributed by atoms with van der Waals surface area (Å²) in [6.45, 7) is 2.56. The minimum atomic E-state index is -3.54. The molecule has 108 valence electrons. The molecule has 3 rings (SSSR count). The van der Waals surface area contributed by atoms with Crippen LogP contribution in [0.1, 0.15) is 22.6 Å². The third kappa shape index (κ3) is 3.02. The van der Waals surface area contributed by atoms with E-state index in [9.17, 15) is 8.42 Å². The molecule has 0 bridgehead atoms. The van der Waals surface area contributed by atoms with Crippen molar-refractivity contribution in [3.05, 3.63) is 28.2 Å². The maximum absolute atomic E-state index is 12.3. The van der Waals surface area contributed by atoms with E-state index < -0.39 is 10.0 Å². The van der Waals surface area contributed by atoms with Crippen LogP contribution in [0.15, 0.2) is 23.4 Å². The molecule has 6 nitrogen and oxygen atoms in total. The molecule has 2 aromatic heterocycles. The third-order valence-corrected chi connectivity index (χ3v) is 5.79. The van der Waals surface area contributed by atoms with Gasteiger partial charge in [-0.3, -0.25) is 9.82 Å². The highest BCUT2D eigenvalue weighted by Gasteiger charge is 2.23. The highest BCUT2D eigenvalue weighted by atomic mass is 32.2. The summed E-state index contributed by atoms with van der Waals surface area (Å²) in [5.74, 6) is 0. The average molecular weight is 312 g/mol. The van der Waals surface area contributed by atoms with E-state index in [2.05, 4.69) is 20.2 Å². The maximum Gasteiger partial charge on any atom is 0.263 e. The second-order valence-corrected chi connectivity index (χ2v) is 7.87. The zero-order valence-corrected chi connectivity index (χ0v) is 12.6. The van der Waals surface area contributed by atoms with Crippen LogP contribution in [0.4, 0.5) is 5.69 Å². The number of nitrogens with zero attached hydrogens (tertiary/aromatic N) is 1. The van der Waals surface area contributed by atoms with Gasteiger partial charge in [0.2, 0.25) is 0 Å².